The van der Waals surface area contributed by atoms with Crippen molar-refractivity contribution in [1.82, 2.24) is 10.3 Å². The number of anilines is 1. The van der Waals surface area contributed by atoms with Crippen LogP contribution in [-0.2, 0) is 0 Å². The maximum atomic E-state index is 12.1. The number of amides is 1. The van der Waals surface area contributed by atoms with Gasteiger partial charge in [0.15, 0.2) is 5.13 Å². The van der Waals surface area contributed by atoms with E-state index in [1.165, 1.54) is 37.0 Å². The van der Waals surface area contributed by atoms with Crippen LogP contribution in [0.15, 0.2) is 0 Å². The molecule has 1 fully saturated rings. The largest absolute Gasteiger partial charge is 0.375 e. The van der Waals surface area contributed by atoms with Crippen LogP contribution in [0.1, 0.15) is 53.9 Å². The average Bonchev–Trinajstić information content (AvgIpc) is 2.51. The van der Waals surface area contributed by atoms with E-state index in [0.717, 1.165) is 18.5 Å². The molecule has 0 aliphatic heterocycles. The van der Waals surface area contributed by atoms with Crippen LogP contribution in [0.5, 0.6) is 0 Å². The van der Waals surface area contributed by atoms with Crippen LogP contribution >= 0.6 is 11.3 Å². The van der Waals surface area contributed by atoms with Crippen LogP contribution < -0.4 is 11.1 Å². The zero-order chi connectivity index (χ0) is 12.3. The topological polar surface area (TPSA) is 68.0 Å². The van der Waals surface area contributed by atoms with Gasteiger partial charge in [0.2, 0.25) is 0 Å². The quantitative estimate of drug-likeness (QED) is 0.796. The van der Waals surface area contributed by atoms with Crippen molar-refractivity contribution in [3.63, 3.8) is 0 Å². The Labute approximate surface area is 106 Å². The Kier molecular flexibility index (Phi) is 3.99. The first-order valence-corrected chi connectivity index (χ1v) is 7.02. The van der Waals surface area contributed by atoms with Crippen molar-refractivity contribution in [2.75, 3.05) is 5.73 Å². The maximum Gasteiger partial charge on any atom is 0.263 e. The minimum atomic E-state index is -0.0106. The number of nitrogen functional groups attached to an aromatic ring is 1. The highest BCUT2D eigenvalue weighted by Gasteiger charge is 2.19. The van der Waals surface area contributed by atoms with E-state index in [1.54, 1.807) is 0 Å². The van der Waals surface area contributed by atoms with Gasteiger partial charge in [0.25, 0.3) is 5.91 Å². The van der Waals surface area contributed by atoms with Crippen LogP contribution in [-0.4, -0.2) is 16.9 Å². The zero-order valence-corrected chi connectivity index (χ0v) is 11.0. The highest BCUT2D eigenvalue weighted by Crippen LogP contribution is 2.21. The number of nitrogens with one attached hydrogen (secondary N) is 1. The summed E-state index contributed by atoms with van der Waals surface area (Å²) in [5.41, 5.74) is 6.34. The van der Waals surface area contributed by atoms with Gasteiger partial charge < -0.3 is 11.1 Å². The number of aromatic nitrogens is 1. The van der Waals surface area contributed by atoms with E-state index < -0.39 is 0 Å². The van der Waals surface area contributed by atoms with Crippen LogP contribution in [0.25, 0.3) is 0 Å². The van der Waals surface area contributed by atoms with Crippen molar-refractivity contribution in [2.24, 2.45) is 0 Å². The molecule has 1 amide bonds. The van der Waals surface area contributed by atoms with Gasteiger partial charge >= 0.3 is 0 Å². The van der Waals surface area contributed by atoms with E-state index in [4.69, 9.17) is 5.73 Å². The number of carbonyl (C=O) groups is 1. The lowest BCUT2D eigenvalue weighted by molar-refractivity contribution is 0.0936. The Hall–Kier alpha value is -1.10. The van der Waals surface area contributed by atoms with Gasteiger partial charge in [0.1, 0.15) is 4.88 Å². The lowest BCUT2D eigenvalue weighted by Crippen LogP contribution is -2.34. The summed E-state index contributed by atoms with van der Waals surface area (Å²) in [6, 6.07) is 0.327. The van der Waals surface area contributed by atoms with E-state index in [-0.39, 0.29) is 5.91 Å². The molecule has 1 saturated carbocycles. The van der Waals surface area contributed by atoms with Crippen molar-refractivity contribution in [3.05, 3.63) is 10.6 Å². The van der Waals surface area contributed by atoms with Crippen LogP contribution in [0.3, 0.4) is 0 Å². The molecule has 94 valence electrons. The van der Waals surface area contributed by atoms with Crippen molar-refractivity contribution in [1.29, 1.82) is 0 Å². The first kappa shape index (κ1) is 12.4. The molecule has 17 heavy (non-hydrogen) atoms. The third kappa shape index (κ3) is 3.19. The molecule has 2 rings (SSSR count). The molecule has 3 N–H and O–H groups in total. The second-order valence-corrected chi connectivity index (χ2v) is 5.66. The molecule has 1 heterocycles. The van der Waals surface area contributed by atoms with Crippen molar-refractivity contribution < 1.29 is 4.79 Å². The highest BCUT2D eigenvalue weighted by molar-refractivity contribution is 7.17. The fraction of sp³-hybridized carbons (Fsp3) is 0.667. The lowest BCUT2D eigenvalue weighted by Gasteiger charge is -2.15. The molecule has 1 aliphatic rings. The molecule has 0 aromatic carbocycles. The number of nitrogens with zero attached hydrogens (tertiary/aromatic N) is 1. The summed E-state index contributed by atoms with van der Waals surface area (Å²) in [5, 5.41) is 3.57. The number of carbonyl (C=O) groups excluding carboxylic acids is 1. The normalized spacial score (nSPS) is 17.7. The molecule has 1 aliphatic carbocycles. The monoisotopic (exact) mass is 253 g/mol. The molecule has 0 bridgehead atoms. The van der Waals surface area contributed by atoms with Gasteiger partial charge in [-0.1, -0.05) is 37.0 Å². The van der Waals surface area contributed by atoms with Gasteiger partial charge in [0, 0.05) is 6.04 Å². The van der Waals surface area contributed by atoms with E-state index in [0.29, 0.717) is 16.1 Å². The predicted molar refractivity (Wildman–Crippen MR) is 70.2 cm³/mol. The highest BCUT2D eigenvalue weighted by atomic mass is 32.1. The predicted octanol–water partition coefficient (Wildman–Crippen LogP) is 2.49. The minimum Gasteiger partial charge on any atom is -0.375 e. The SMILES string of the molecule is Cc1nc(N)sc1C(=O)NC1CCCCCC1. The van der Waals surface area contributed by atoms with Crippen LogP contribution in [0.2, 0.25) is 0 Å². The van der Waals surface area contributed by atoms with Gasteiger partial charge in [-0.2, -0.15) is 0 Å². The summed E-state index contributed by atoms with van der Waals surface area (Å²) in [6.07, 6.45) is 7.21. The molecule has 0 radical (unpaired) electrons. The third-order valence-electron chi connectivity index (χ3n) is 3.21. The molecule has 0 unspecified atom stereocenters. The third-order valence-corrected chi connectivity index (χ3v) is 4.20. The van der Waals surface area contributed by atoms with E-state index in [9.17, 15) is 4.79 Å². The van der Waals surface area contributed by atoms with E-state index in [1.807, 2.05) is 6.92 Å². The Morgan fingerprint density at radius 3 is 2.53 bits per heavy atom. The molecule has 5 heteroatoms. The number of hydrogen-bond acceptors (Lipinski definition) is 4. The van der Waals surface area contributed by atoms with Gasteiger partial charge in [-0.15, -0.1) is 0 Å². The minimum absolute atomic E-state index is 0.0106. The Morgan fingerprint density at radius 2 is 2.00 bits per heavy atom. The number of rotatable bonds is 2. The van der Waals surface area contributed by atoms with Crippen molar-refractivity contribution in [2.45, 2.75) is 51.5 Å². The summed E-state index contributed by atoms with van der Waals surface area (Å²) in [5.74, 6) is -0.0106. The molecule has 1 aromatic rings. The maximum absolute atomic E-state index is 12.1. The smallest absolute Gasteiger partial charge is 0.263 e. The molecule has 1 aromatic heterocycles. The standard InChI is InChI=1S/C12H19N3OS/c1-8-10(17-12(13)14-8)11(16)15-9-6-4-2-3-5-7-9/h9H,2-7H2,1H3,(H2,13,14)(H,15,16). The van der Waals surface area contributed by atoms with Crippen molar-refractivity contribution in [3.8, 4) is 0 Å². The number of hydrogen-bond donors (Lipinski definition) is 2. The summed E-state index contributed by atoms with van der Waals surface area (Å²) in [6.45, 7) is 1.83. The van der Waals surface area contributed by atoms with Gasteiger partial charge in [0.05, 0.1) is 5.69 Å². The van der Waals surface area contributed by atoms with Gasteiger partial charge in [-0.3, -0.25) is 4.79 Å². The van der Waals surface area contributed by atoms with Gasteiger partial charge in [-0.25, -0.2) is 4.98 Å². The van der Waals surface area contributed by atoms with Crippen LogP contribution in [0, 0.1) is 6.92 Å². The lowest BCUT2D eigenvalue weighted by atomic mass is 10.1. The molecular weight excluding hydrogens is 234 g/mol. The summed E-state index contributed by atoms with van der Waals surface area (Å²) in [7, 11) is 0. The first-order chi connectivity index (χ1) is 8.16. The Bertz CT molecular complexity index is 394. The summed E-state index contributed by atoms with van der Waals surface area (Å²) >= 11 is 1.27. The molecular formula is C12H19N3OS. The summed E-state index contributed by atoms with van der Waals surface area (Å²) < 4.78 is 0. The second-order valence-electron chi connectivity index (χ2n) is 4.63. The summed E-state index contributed by atoms with van der Waals surface area (Å²) in [4.78, 5) is 16.8. The van der Waals surface area contributed by atoms with Crippen LogP contribution in [0.4, 0.5) is 5.13 Å². The molecule has 0 saturated heterocycles. The Morgan fingerprint density at radius 1 is 1.35 bits per heavy atom. The second kappa shape index (κ2) is 5.49. The number of aryl methyl sites for hydroxylation is 1. The average molecular weight is 253 g/mol. The Balaban J connectivity index is 1.98. The fourth-order valence-corrected chi connectivity index (χ4v) is 3.04. The molecule has 0 atom stereocenters. The molecule has 4 nitrogen and oxygen atoms in total. The zero-order valence-electron chi connectivity index (χ0n) is 10.2. The van der Waals surface area contributed by atoms with E-state index in [2.05, 4.69) is 10.3 Å². The number of nitrogens with two attached hydrogens (primary N) is 1. The fourth-order valence-electron chi connectivity index (χ4n) is 2.30. The molecule has 0 spiro atoms. The first-order valence-electron chi connectivity index (χ1n) is 6.20. The van der Waals surface area contributed by atoms with Crippen molar-refractivity contribution >= 4 is 22.4 Å². The van der Waals surface area contributed by atoms with Gasteiger partial charge in [-0.05, 0) is 19.8 Å². The van der Waals surface area contributed by atoms with E-state index >= 15 is 0 Å². The number of thiazole rings is 1.